The summed E-state index contributed by atoms with van der Waals surface area (Å²) in [5.41, 5.74) is -2.86. The zero-order valence-electron chi connectivity index (χ0n) is 10.1. The van der Waals surface area contributed by atoms with Crippen molar-refractivity contribution in [3.05, 3.63) is 45.4 Å². The second-order valence-electron chi connectivity index (χ2n) is 4.00. The van der Waals surface area contributed by atoms with Crippen molar-refractivity contribution in [2.75, 3.05) is 7.11 Å². The summed E-state index contributed by atoms with van der Waals surface area (Å²) >= 11 is 0. The Morgan fingerprint density at radius 2 is 2.37 bits per heavy atom. The Morgan fingerprint density at radius 3 is 2.89 bits per heavy atom. The molecule has 1 saturated heterocycles. The molecule has 2 heterocycles. The zero-order valence-corrected chi connectivity index (χ0v) is 10.1. The van der Waals surface area contributed by atoms with Crippen LogP contribution in [0.3, 0.4) is 0 Å². The second-order valence-corrected chi connectivity index (χ2v) is 4.00. The van der Waals surface area contributed by atoms with Crippen LogP contribution < -0.4 is 11.2 Å². The van der Waals surface area contributed by atoms with E-state index in [-0.39, 0.29) is 5.76 Å². The number of H-pyrrole nitrogens is 1. The molecule has 1 fully saturated rings. The van der Waals surface area contributed by atoms with Crippen molar-refractivity contribution < 1.29 is 14.6 Å². The van der Waals surface area contributed by atoms with Gasteiger partial charge in [-0.1, -0.05) is 12.5 Å². The highest BCUT2D eigenvalue weighted by atomic mass is 16.6. The third-order valence-corrected chi connectivity index (χ3v) is 3.01. The fourth-order valence-electron chi connectivity index (χ4n) is 1.97. The van der Waals surface area contributed by atoms with Crippen LogP contribution >= 0.6 is 0 Å². The van der Waals surface area contributed by atoms with Gasteiger partial charge >= 0.3 is 5.69 Å². The third-order valence-electron chi connectivity index (χ3n) is 3.01. The van der Waals surface area contributed by atoms with E-state index in [9.17, 15) is 14.7 Å². The third kappa shape index (κ3) is 1.78. The fourth-order valence-corrected chi connectivity index (χ4v) is 1.97. The summed E-state index contributed by atoms with van der Waals surface area (Å²) in [6.07, 6.45) is 4.20. The Bertz CT molecular complexity index is 668. The topological polar surface area (TPSA) is 93.5 Å². The van der Waals surface area contributed by atoms with Gasteiger partial charge in [0.2, 0.25) is 11.8 Å². The lowest BCUT2D eigenvalue weighted by Crippen LogP contribution is -2.48. The lowest BCUT2D eigenvalue weighted by molar-refractivity contribution is -0.0927. The van der Waals surface area contributed by atoms with E-state index in [0.717, 1.165) is 10.6 Å². The minimum Gasteiger partial charge on any atom is -0.468 e. The van der Waals surface area contributed by atoms with Crippen LogP contribution in [-0.4, -0.2) is 33.5 Å². The fraction of sp³-hybridized carbons (Fsp3) is 0.333. The Hall–Kier alpha value is -2.30. The summed E-state index contributed by atoms with van der Waals surface area (Å²) < 4.78 is 11.5. The first-order valence-corrected chi connectivity index (χ1v) is 5.34. The molecule has 100 valence electrons. The molecule has 0 saturated carbocycles. The van der Waals surface area contributed by atoms with Gasteiger partial charge in [0, 0.05) is 19.4 Å². The van der Waals surface area contributed by atoms with E-state index in [0.29, 0.717) is 0 Å². The zero-order chi connectivity index (χ0) is 14.2. The SMILES string of the molecule is C#CC1(OC)C(O)C(=C)OC1n1ccc(=O)[nH]c1=O. The smallest absolute Gasteiger partial charge is 0.331 e. The molecule has 0 radical (unpaired) electrons. The van der Waals surface area contributed by atoms with Crippen molar-refractivity contribution in [1.29, 1.82) is 0 Å². The van der Waals surface area contributed by atoms with E-state index in [1.54, 1.807) is 0 Å². The molecule has 0 aliphatic carbocycles. The van der Waals surface area contributed by atoms with Crippen molar-refractivity contribution in [2.45, 2.75) is 17.9 Å². The number of rotatable bonds is 2. The number of hydrogen-bond donors (Lipinski definition) is 2. The van der Waals surface area contributed by atoms with Crippen molar-refractivity contribution in [3.8, 4) is 12.3 Å². The maximum absolute atomic E-state index is 11.8. The van der Waals surface area contributed by atoms with Crippen LogP contribution in [0.2, 0.25) is 0 Å². The maximum Gasteiger partial charge on any atom is 0.331 e. The molecular weight excluding hydrogens is 252 g/mol. The average Bonchev–Trinajstić information content (AvgIpc) is 2.63. The van der Waals surface area contributed by atoms with Gasteiger partial charge in [0.05, 0.1) is 0 Å². The largest absolute Gasteiger partial charge is 0.468 e. The number of nitrogens with zero attached hydrogens (tertiary/aromatic N) is 1. The van der Waals surface area contributed by atoms with Gasteiger partial charge in [0.1, 0.15) is 5.76 Å². The van der Waals surface area contributed by atoms with E-state index in [1.807, 2.05) is 0 Å². The number of hydrogen-bond acceptors (Lipinski definition) is 5. The molecule has 0 bridgehead atoms. The summed E-state index contributed by atoms with van der Waals surface area (Å²) in [7, 11) is 1.29. The summed E-state index contributed by atoms with van der Waals surface area (Å²) in [4.78, 5) is 24.9. The number of aromatic nitrogens is 2. The normalized spacial score (nSPS) is 29.8. The molecule has 3 atom stereocenters. The second kappa shape index (κ2) is 4.42. The minimum atomic E-state index is -1.58. The van der Waals surface area contributed by atoms with Crippen molar-refractivity contribution in [3.63, 3.8) is 0 Å². The lowest BCUT2D eigenvalue weighted by Gasteiger charge is -2.29. The van der Waals surface area contributed by atoms with Crippen LogP contribution in [0.25, 0.3) is 0 Å². The molecule has 19 heavy (non-hydrogen) atoms. The summed E-state index contributed by atoms with van der Waals surface area (Å²) in [6.45, 7) is 3.51. The van der Waals surface area contributed by atoms with Crippen molar-refractivity contribution in [2.24, 2.45) is 0 Å². The molecule has 1 aromatic heterocycles. The van der Waals surface area contributed by atoms with Crippen LogP contribution in [0, 0.1) is 12.3 Å². The molecule has 2 rings (SSSR count). The van der Waals surface area contributed by atoms with E-state index < -0.39 is 29.2 Å². The predicted molar refractivity (Wildman–Crippen MR) is 65.2 cm³/mol. The van der Waals surface area contributed by atoms with Crippen LogP contribution in [0.1, 0.15) is 6.23 Å². The summed E-state index contributed by atoms with van der Waals surface area (Å²) in [5, 5.41) is 10.0. The average molecular weight is 264 g/mol. The quantitative estimate of drug-likeness (QED) is 0.665. The predicted octanol–water partition coefficient (Wildman–Crippen LogP) is -1.04. The number of methoxy groups -OCH3 is 1. The molecule has 7 nitrogen and oxygen atoms in total. The number of nitrogens with one attached hydrogen (secondary N) is 1. The number of terminal acetylenes is 1. The Balaban J connectivity index is 2.61. The van der Waals surface area contributed by atoms with Gasteiger partial charge in [-0.3, -0.25) is 14.3 Å². The molecular formula is C12H12N2O5. The number of ether oxygens (including phenoxy) is 2. The van der Waals surface area contributed by atoms with Crippen molar-refractivity contribution >= 4 is 0 Å². The number of aliphatic hydroxyl groups excluding tert-OH is 1. The van der Waals surface area contributed by atoms with Crippen LogP contribution in [0.5, 0.6) is 0 Å². The first-order valence-electron chi connectivity index (χ1n) is 5.34. The molecule has 2 N–H and O–H groups in total. The minimum absolute atomic E-state index is 0.0112. The van der Waals surface area contributed by atoms with Crippen molar-refractivity contribution in [1.82, 2.24) is 9.55 Å². The van der Waals surface area contributed by atoms with Gasteiger partial charge in [-0.15, -0.1) is 6.42 Å². The Labute approximate surface area is 108 Å². The molecule has 0 amide bonds. The monoisotopic (exact) mass is 264 g/mol. The maximum atomic E-state index is 11.8. The van der Waals surface area contributed by atoms with E-state index in [1.165, 1.54) is 13.3 Å². The highest BCUT2D eigenvalue weighted by Crippen LogP contribution is 2.41. The lowest BCUT2D eigenvalue weighted by atomic mass is 9.97. The van der Waals surface area contributed by atoms with Crippen LogP contribution in [0.4, 0.5) is 0 Å². The van der Waals surface area contributed by atoms with Gasteiger partial charge in [0.25, 0.3) is 5.56 Å². The van der Waals surface area contributed by atoms with Crippen LogP contribution in [0.15, 0.2) is 34.2 Å². The van der Waals surface area contributed by atoms with E-state index >= 15 is 0 Å². The van der Waals surface area contributed by atoms with Gasteiger partial charge in [0.15, 0.2) is 6.10 Å². The van der Waals surface area contributed by atoms with E-state index in [4.69, 9.17) is 15.9 Å². The molecule has 0 aromatic carbocycles. The van der Waals surface area contributed by atoms with Gasteiger partial charge < -0.3 is 14.6 Å². The van der Waals surface area contributed by atoms with Gasteiger partial charge in [-0.25, -0.2) is 4.79 Å². The van der Waals surface area contributed by atoms with Gasteiger partial charge in [-0.2, -0.15) is 0 Å². The molecule has 0 spiro atoms. The number of aromatic amines is 1. The molecule has 7 heteroatoms. The summed E-state index contributed by atoms with van der Waals surface area (Å²) in [6, 6.07) is 1.13. The Kier molecular flexibility index (Phi) is 3.06. The first kappa shape index (κ1) is 13.1. The van der Waals surface area contributed by atoms with E-state index in [2.05, 4.69) is 17.5 Å². The highest BCUT2D eigenvalue weighted by molar-refractivity contribution is 5.26. The molecule has 1 aliphatic rings. The van der Waals surface area contributed by atoms with Gasteiger partial charge in [-0.05, 0) is 0 Å². The standard InChI is InChI=1S/C12H12N2O5/c1-4-12(18-3)9(16)7(2)19-10(12)14-6-5-8(15)13-11(14)17/h1,5-6,9-10,16H,2H2,3H3,(H,13,15,17). The number of aliphatic hydroxyl groups is 1. The molecule has 3 unspecified atom stereocenters. The first-order chi connectivity index (χ1) is 8.96. The van der Waals surface area contributed by atoms with Crippen LogP contribution in [-0.2, 0) is 9.47 Å². The Morgan fingerprint density at radius 1 is 1.68 bits per heavy atom. The summed E-state index contributed by atoms with van der Waals surface area (Å²) in [5.74, 6) is 2.28. The highest BCUT2D eigenvalue weighted by Gasteiger charge is 2.55. The molecule has 1 aliphatic heterocycles. The molecule has 1 aromatic rings.